The van der Waals surface area contributed by atoms with Crippen LogP contribution >= 0.6 is 0 Å². The molecule has 0 aliphatic heterocycles. The Morgan fingerprint density at radius 3 is 1.57 bits per heavy atom. The Morgan fingerprint density at radius 1 is 1.29 bits per heavy atom. The summed E-state index contributed by atoms with van der Waals surface area (Å²) in [7, 11) is 0. The smallest absolute Gasteiger partial charge is 0.0120 e. The minimum absolute atomic E-state index is 0.0833. The predicted octanol–water partition coefficient (Wildman–Crippen LogP) is 1.52. The lowest BCUT2D eigenvalue weighted by molar-refractivity contribution is 0.437. The molecule has 44 valence electrons. The zero-order valence-electron chi connectivity index (χ0n) is 5.49. The van der Waals surface area contributed by atoms with Crippen molar-refractivity contribution in [1.82, 2.24) is 0 Å². The normalized spacial score (nSPS) is 12.0. The maximum atomic E-state index is 5.72. The molecule has 0 aliphatic carbocycles. The van der Waals surface area contributed by atoms with Gasteiger partial charge in [-0.15, -0.1) is 0 Å². The van der Waals surface area contributed by atoms with Crippen LogP contribution in [0.5, 0.6) is 0 Å². The van der Waals surface area contributed by atoms with Crippen LogP contribution < -0.4 is 5.73 Å². The van der Waals surface area contributed by atoms with Crippen LogP contribution in [0.25, 0.3) is 0 Å². The summed E-state index contributed by atoms with van der Waals surface area (Å²) in [5, 5.41) is 0. The molecule has 2 N–H and O–H groups in total. The largest absolute Gasteiger partial charge is 0.325 e. The van der Waals surface area contributed by atoms with Crippen LogP contribution in [0.3, 0.4) is 0 Å². The second kappa shape index (κ2) is 2.31. The van der Waals surface area contributed by atoms with Crippen LogP contribution in [-0.2, 0) is 0 Å². The Hall–Kier alpha value is -0.0400. The van der Waals surface area contributed by atoms with Crippen LogP contribution in [-0.4, -0.2) is 5.54 Å². The second-order valence-electron chi connectivity index (χ2n) is 2.36. The van der Waals surface area contributed by atoms with Crippen molar-refractivity contribution in [2.75, 3.05) is 0 Å². The fourth-order valence-electron chi connectivity index (χ4n) is 0.250. The van der Waals surface area contributed by atoms with Gasteiger partial charge in [-0.3, -0.25) is 0 Å². The molecule has 1 heteroatoms. The summed E-state index contributed by atoms with van der Waals surface area (Å²) < 4.78 is 0. The first-order valence-corrected chi connectivity index (χ1v) is 2.91. The van der Waals surface area contributed by atoms with Gasteiger partial charge in [-0.25, -0.2) is 0 Å². The van der Waals surface area contributed by atoms with E-state index in [1.807, 2.05) is 0 Å². The molecule has 0 fully saturated rings. The van der Waals surface area contributed by atoms with Gasteiger partial charge < -0.3 is 5.73 Å². The highest BCUT2D eigenvalue weighted by atomic mass is 14.7. The van der Waals surface area contributed by atoms with Crippen LogP contribution in [0.2, 0.25) is 0 Å². The van der Waals surface area contributed by atoms with Crippen molar-refractivity contribution in [2.24, 2.45) is 5.73 Å². The van der Waals surface area contributed by atoms with Gasteiger partial charge in [0.05, 0.1) is 0 Å². The van der Waals surface area contributed by atoms with E-state index in [9.17, 15) is 0 Å². The lowest BCUT2D eigenvalue weighted by atomic mass is 9.98. The van der Waals surface area contributed by atoms with Crippen molar-refractivity contribution in [3.05, 3.63) is 0 Å². The summed E-state index contributed by atoms with van der Waals surface area (Å²) in [4.78, 5) is 0. The maximum absolute atomic E-state index is 5.72. The monoisotopic (exact) mass is 101 g/mol. The van der Waals surface area contributed by atoms with Crippen LogP contribution in [0.4, 0.5) is 0 Å². The molecule has 0 spiro atoms. The molecule has 0 bridgehead atoms. The topological polar surface area (TPSA) is 26.0 Å². The third kappa shape index (κ3) is 2.63. The first-order chi connectivity index (χ1) is 3.12. The predicted molar refractivity (Wildman–Crippen MR) is 33.2 cm³/mol. The quantitative estimate of drug-likeness (QED) is 0.560. The Morgan fingerprint density at radius 2 is 1.57 bits per heavy atom. The summed E-state index contributed by atoms with van der Waals surface area (Å²) in [6, 6.07) is 0. The Bertz CT molecular complexity index is 42.1. The molecule has 0 saturated heterocycles. The molecule has 0 aromatic rings. The van der Waals surface area contributed by atoms with Crippen molar-refractivity contribution in [1.29, 1.82) is 0 Å². The molecule has 0 radical (unpaired) electrons. The summed E-state index contributed by atoms with van der Waals surface area (Å²) in [5.74, 6) is 0. The molecule has 0 aliphatic rings. The van der Waals surface area contributed by atoms with Gasteiger partial charge in [-0.1, -0.05) is 13.8 Å². The number of rotatable bonds is 2. The van der Waals surface area contributed by atoms with Gasteiger partial charge >= 0.3 is 0 Å². The molecule has 1 nitrogen and oxygen atoms in total. The molecule has 0 atom stereocenters. The molecular weight excluding hydrogens is 86.1 g/mol. The third-order valence-electron chi connectivity index (χ3n) is 1.62. The molecule has 0 rings (SSSR count). The fourth-order valence-corrected chi connectivity index (χ4v) is 0.250. The van der Waals surface area contributed by atoms with Gasteiger partial charge in [0.15, 0.2) is 0 Å². The molecular formula is C6H15N. The Labute approximate surface area is 45.9 Å². The van der Waals surface area contributed by atoms with E-state index in [1.54, 1.807) is 0 Å². The van der Waals surface area contributed by atoms with Crippen molar-refractivity contribution < 1.29 is 0 Å². The van der Waals surface area contributed by atoms with Gasteiger partial charge in [0, 0.05) is 5.54 Å². The van der Waals surface area contributed by atoms with E-state index in [0.29, 0.717) is 0 Å². The van der Waals surface area contributed by atoms with E-state index in [2.05, 4.69) is 20.8 Å². The van der Waals surface area contributed by atoms with Crippen LogP contribution in [0, 0.1) is 0 Å². The zero-order chi connectivity index (χ0) is 5.91. The van der Waals surface area contributed by atoms with Crippen molar-refractivity contribution in [3.8, 4) is 0 Å². The summed E-state index contributed by atoms with van der Waals surface area (Å²) in [5.41, 5.74) is 5.80. The van der Waals surface area contributed by atoms with Gasteiger partial charge in [0.2, 0.25) is 0 Å². The standard InChI is InChI=1S/C6H15N/c1-4-6(3,7)5-2/h4-5,7H2,1-3H3. The van der Waals surface area contributed by atoms with Crippen LogP contribution in [0.1, 0.15) is 33.6 Å². The van der Waals surface area contributed by atoms with Crippen molar-refractivity contribution in [2.45, 2.75) is 39.2 Å². The Kier molecular flexibility index (Phi) is 2.30. The molecule has 0 saturated carbocycles. The van der Waals surface area contributed by atoms with Crippen molar-refractivity contribution in [3.63, 3.8) is 0 Å². The highest BCUT2D eigenvalue weighted by Gasteiger charge is 2.10. The minimum Gasteiger partial charge on any atom is -0.325 e. The highest BCUT2D eigenvalue weighted by Crippen LogP contribution is 2.07. The first-order valence-electron chi connectivity index (χ1n) is 2.91. The molecule has 0 aromatic heterocycles. The molecule has 7 heavy (non-hydrogen) atoms. The van der Waals surface area contributed by atoms with Crippen LogP contribution in [0.15, 0.2) is 0 Å². The third-order valence-corrected chi connectivity index (χ3v) is 1.62. The van der Waals surface area contributed by atoms with E-state index >= 15 is 0 Å². The molecule has 0 amide bonds. The van der Waals surface area contributed by atoms with E-state index in [1.165, 1.54) is 0 Å². The van der Waals surface area contributed by atoms with Crippen molar-refractivity contribution >= 4 is 0 Å². The van der Waals surface area contributed by atoms with E-state index < -0.39 is 0 Å². The van der Waals surface area contributed by atoms with Gasteiger partial charge in [0.25, 0.3) is 0 Å². The van der Waals surface area contributed by atoms with Gasteiger partial charge in [-0.05, 0) is 19.8 Å². The first kappa shape index (κ1) is 6.96. The minimum atomic E-state index is 0.0833. The lowest BCUT2D eigenvalue weighted by Gasteiger charge is -2.18. The number of nitrogens with two attached hydrogens (primary N) is 1. The van der Waals surface area contributed by atoms with Gasteiger partial charge in [-0.2, -0.15) is 0 Å². The Balaban J connectivity index is 3.36. The average molecular weight is 101 g/mol. The summed E-state index contributed by atoms with van der Waals surface area (Å²) in [6.45, 7) is 6.31. The second-order valence-corrected chi connectivity index (χ2v) is 2.36. The van der Waals surface area contributed by atoms with E-state index in [-0.39, 0.29) is 5.54 Å². The fraction of sp³-hybridized carbons (Fsp3) is 1.00. The average Bonchev–Trinajstić information content (AvgIpc) is 1.68. The number of hydrogen-bond donors (Lipinski definition) is 1. The zero-order valence-corrected chi connectivity index (χ0v) is 5.49. The van der Waals surface area contributed by atoms with Gasteiger partial charge in [0.1, 0.15) is 0 Å². The summed E-state index contributed by atoms with van der Waals surface area (Å²) in [6.07, 6.45) is 2.15. The van der Waals surface area contributed by atoms with E-state index in [4.69, 9.17) is 5.73 Å². The SMILES string of the molecule is CCC(C)(N)CC. The lowest BCUT2D eigenvalue weighted by Crippen LogP contribution is -2.33. The van der Waals surface area contributed by atoms with E-state index in [0.717, 1.165) is 12.8 Å². The molecule has 0 unspecified atom stereocenters. The summed E-state index contributed by atoms with van der Waals surface area (Å²) >= 11 is 0. The molecule has 0 aromatic carbocycles. The maximum Gasteiger partial charge on any atom is 0.0120 e. The highest BCUT2D eigenvalue weighted by molar-refractivity contribution is 4.72. The molecule has 0 heterocycles. The number of hydrogen-bond acceptors (Lipinski definition) is 1.